The van der Waals surface area contributed by atoms with Gasteiger partial charge in [-0.2, -0.15) is 0 Å². The number of benzene rings is 9. The van der Waals surface area contributed by atoms with E-state index in [9.17, 15) is 0 Å². The fourth-order valence-electron chi connectivity index (χ4n) is 10.4. The van der Waals surface area contributed by atoms with Crippen molar-refractivity contribution in [3.63, 3.8) is 0 Å². The first-order chi connectivity index (χ1) is 29.8. The molecule has 2 heterocycles. The number of fused-ring (bicyclic) bond motifs is 8. The first-order valence-corrected chi connectivity index (χ1v) is 21.3. The van der Waals surface area contributed by atoms with Gasteiger partial charge in [0.25, 0.3) is 0 Å². The Labute approximate surface area is 357 Å². The van der Waals surface area contributed by atoms with E-state index < -0.39 is 0 Å². The summed E-state index contributed by atoms with van der Waals surface area (Å²) in [7, 11) is 0. The lowest BCUT2D eigenvalue weighted by Gasteiger charge is -2.46. The van der Waals surface area contributed by atoms with Crippen LogP contribution in [-0.2, 0) is 10.8 Å². The average molecular weight is 785 g/mol. The van der Waals surface area contributed by atoms with Crippen molar-refractivity contribution in [1.82, 2.24) is 0 Å². The number of para-hydroxylation sites is 2. The number of anilines is 6. The Morgan fingerprint density at radius 1 is 0.410 bits per heavy atom. The molecule has 3 heteroatoms. The predicted octanol–water partition coefficient (Wildman–Crippen LogP) is 16.2. The van der Waals surface area contributed by atoms with Gasteiger partial charge in [0.1, 0.15) is 0 Å². The van der Waals surface area contributed by atoms with Gasteiger partial charge in [0.15, 0.2) is 11.5 Å². The van der Waals surface area contributed by atoms with Crippen molar-refractivity contribution >= 4 is 44.9 Å². The number of nitrogens with zero attached hydrogens (tertiary/aromatic N) is 2. The van der Waals surface area contributed by atoms with Crippen LogP contribution >= 0.6 is 0 Å². The molecule has 12 rings (SSSR count). The Hall–Kier alpha value is -7.36. The van der Waals surface area contributed by atoms with Crippen molar-refractivity contribution in [3.8, 4) is 44.9 Å². The Bertz CT molecular complexity index is 3250. The van der Waals surface area contributed by atoms with Gasteiger partial charge in [-0.1, -0.05) is 167 Å². The summed E-state index contributed by atoms with van der Waals surface area (Å²) in [4.78, 5) is 4.89. The average Bonchev–Trinajstić information content (AvgIpc) is 3.53. The molecule has 9 aromatic rings. The van der Waals surface area contributed by atoms with E-state index in [1.165, 1.54) is 66.5 Å². The van der Waals surface area contributed by atoms with Crippen LogP contribution in [-0.4, -0.2) is 0 Å². The van der Waals surface area contributed by atoms with Gasteiger partial charge in [0, 0.05) is 22.2 Å². The summed E-state index contributed by atoms with van der Waals surface area (Å²) >= 11 is 0. The predicted molar refractivity (Wildman–Crippen MR) is 254 cm³/mol. The number of hydrogen-bond acceptors (Lipinski definition) is 3. The summed E-state index contributed by atoms with van der Waals surface area (Å²) in [6, 6.07) is 71.1. The minimum atomic E-state index is -0.312. The highest BCUT2D eigenvalue weighted by atomic mass is 16.5. The third-order valence-electron chi connectivity index (χ3n) is 13.6. The van der Waals surface area contributed by atoms with Crippen molar-refractivity contribution in [2.45, 2.75) is 38.5 Å². The van der Waals surface area contributed by atoms with E-state index in [4.69, 9.17) is 4.74 Å². The van der Waals surface area contributed by atoms with Gasteiger partial charge in [-0.05, 0) is 121 Å². The molecule has 0 atom stereocenters. The lowest BCUT2D eigenvalue weighted by atomic mass is 9.72. The zero-order valence-corrected chi connectivity index (χ0v) is 34.8. The van der Waals surface area contributed by atoms with Gasteiger partial charge in [-0.15, -0.1) is 0 Å². The maximum Gasteiger partial charge on any atom is 0.175 e. The topological polar surface area (TPSA) is 15.7 Å². The monoisotopic (exact) mass is 784 g/mol. The maximum atomic E-state index is 7.27. The van der Waals surface area contributed by atoms with E-state index in [1.54, 1.807) is 0 Å². The molecule has 9 aromatic carbocycles. The van der Waals surface area contributed by atoms with Crippen molar-refractivity contribution in [1.29, 1.82) is 0 Å². The van der Waals surface area contributed by atoms with E-state index in [1.807, 2.05) is 0 Å². The Balaban J connectivity index is 1.09. The molecule has 61 heavy (non-hydrogen) atoms. The normalized spacial score (nSPS) is 14.6. The third kappa shape index (κ3) is 5.30. The van der Waals surface area contributed by atoms with Crippen molar-refractivity contribution in [2.24, 2.45) is 0 Å². The van der Waals surface area contributed by atoms with Gasteiger partial charge in [0.05, 0.1) is 22.7 Å². The Kier molecular flexibility index (Phi) is 7.62. The fraction of sp³-hybridized carbons (Fsp3) is 0.103. The van der Waals surface area contributed by atoms with Gasteiger partial charge >= 0.3 is 0 Å². The molecule has 0 N–H and O–H groups in total. The standard InChI is InChI=1S/C58H44N2O/c1-57(2)47-22-11-10-21-45(47)46-29-28-44(36-50(46)57)59(43-20-14-19-40(34-43)37-15-6-5-7-16-37)52-32-31-49-55-56(52)61-54-24-13-12-23-51(54)60(55)53-35-42(27-30-48(53)58(49,3)4)41-26-25-38-17-8-9-18-39(38)33-41/h5-36H,1-4H3. The van der Waals surface area contributed by atoms with E-state index in [-0.39, 0.29) is 10.8 Å². The highest BCUT2D eigenvalue weighted by Crippen LogP contribution is 2.63. The zero-order chi connectivity index (χ0) is 41.0. The first-order valence-electron chi connectivity index (χ1n) is 21.3. The zero-order valence-electron chi connectivity index (χ0n) is 34.8. The fourth-order valence-corrected chi connectivity index (χ4v) is 10.4. The van der Waals surface area contributed by atoms with Crippen molar-refractivity contribution in [2.75, 3.05) is 9.80 Å². The molecule has 0 fully saturated rings. The second-order valence-corrected chi connectivity index (χ2v) is 17.8. The first kappa shape index (κ1) is 35.6. The van der Waals surface area contributed by atoms with E-state index in [2.05, 4.69) is 232 Å². The van der Waals surface area contributed by atoms with Gasteiger partial charge in [-0.25, -0.2) is 0 Å². The largest absolute Gasteiger partial charge is 0.451 e. The quantitative estimate of drug-likeness (QED) is 0.173. The number of hydrogen-bond donors (Lipinski definition) is 0. The van der Waals surface area contributed by atoms with Crippen LogP contribution in [0.5, 0.6) is 11.5 Å². The van der Waals surface area contributed by atoms with Crippen molar-refractivity contribution in [3.05, 3.63) is 216 Å². The minimum Gasteiger partial charge on any atom is -0.451 e. The van der Waals surface area contributed by atoms with Crippen LogP contribution in [0.15, 0.2) is 194 Å². The molecule has 0 spiro atoms. The molecule has 0 saturated carbocycles. The maximum absolute atomic E-state index is 7.27. The van der Waals surface area contributed by atoms with Crippen LogP contribution < -0.4 is 14.5 Å². The summed E-state index contributed by atoms with van der Waals surface area (Å²) in [6.45, 7) is 9.42. The summed E-state index contributed by atoms with van der Waals surface area (Å²) in [5, 5.41) is 2.48. The number of ether oxygens (including phenoxy) is 1. The van der Waals surface area contributed by atoms with Crippen LogP contribution in [0.2, 0.25) is 0 Å². The smallest absolute Gasteiger partial charge is 0.175 e. The lowest BCUT2D eigenvalue weighted by molar-refractivity contribution is 0.472. The van der Waals surface area contributed by atoms with Crippen molar-refractivity contribution < 1.29 is 4.74 Å². The molecule has 0 aromatic heterocycles. The van der Waals surface area contributed by atoms with E-state index >= 15 is 0 Å². The molecule has 3 aliphatic rings. The molecule has 292 valence electrons. The SMILES string of the molecule is CC1(C)c2ccccc2-c2ccc(N(c3cccc(-c4ccccc4)c3)c3ccc4c5c3Oc3ccccc3N5c3cc(-c5ccc6ccccc6c5)ccc3C4(C)C)cc21. The summed E-state index contributed by atoms with van der Waals surface area (Å²) in [5.41, 5.74) is 18.5. The second kappa shape index (κ2) is 13.1. The molecule has 1 aliphatic carbocycles. The van der Waals surface area contributed by atoms with Gasteiger partial charge < -0.3 is 14.5 Å². The summed E-state index contributed by atoms with van der Waals surface area (Å²) < 4.78 is 7.27. The van der Waals surface area contributed by atoms with Crippen LogP contribution in [0.1, 0.15) is 49.9 Å². The third-order valence-corrected chi connectivity index (χ3v) is 13.6. The highest BCUT2D eigenvalue weighted by Gasteiger charge is 2.44. The molecule has 0 saturated heterocycles. The molecule has 3 nitrogen and oxygen atoms in total. The molecule has 2 aliphatic heterocycles. The molecular weight excluding hydrogens is 741 g/mol. The molecule has 0 bridgehead atoms. The molecular formula is C58H44N2O. The Morgan fingerprint density at radius 3 is 1.95 bits per heavy atom. The van der Waals surface area contributed by atoms with E-state index in [0.29, 0.717) is 0 Å². The summed E-state index contributed by atoms with van der Waals surface area (Å²) in [5.74, 6) is 1.68. The Morgan fingerprint density at radius 2 is 1.07 bits per heavy atom. The lowest BCUT2D eigenvalue weighted by Crippen LogP contribution is -2.33. The van der Waals surface area contributed by atoms with Crippen LogP contribution in [0, 0.1) is 0 Å². The van der Waals surface area contributed by atoms with Gasteiger partial charge in [0.2, 0.25) is 0 Å². The molecule has 0 unspecified atom stereocenters. The second-order valence-electron chi connectivity index (χ2n) is 17.8. The highest BCUT2D eigenvalue weighted by molar-refractivity contribution is 6.00. The molecule has 0 amide bonds. The molecule has 0 radical (unpaired) electrons. The summed E-state index contributed by atoms with van der Waals surface area (Å²) in [6.07, 6.45) is 0. The van der Waals surface area contributed by atoms with Crippen LogP contribution in [0.4, 0.5) is 34.1 Å². The minimum absolute atomic E-state index is 0.160. The number of rotatable bonds is 5. The van der Waals surface area contributed by atoms with Crippen LogP contribution in [0.25, 0.3) is 44.2 Å². The van der Waals surface area contributed by atoms with Gasteiger partial charge in [-0.3, -0.25) is 0 Å². The van der Waals surface area contributed by atoms with Crippen LogP contribution in [0.3, 0.4) is 0 Å². The van der Waals surface area contributed by atoms with E-state index in [0.717, 1.165) is 45.5 Å².